The van der Waals surface area contributed by atoms with Gasteiger partial charge in [0.15, 0.2) is 5.69 Å². The second-order valence-corrected chi connectivity index (χ2v) is 5.89. The van der Waals surface area contributed by atoms with Crippen LogP contribution in [0.1, 0.15) is 16.2 Å². The molecule has 0 atom stereocenters. The van der Waals surface area contributed by atoms with E-state index in [4.69, 9.17) is 16.7 Å². The van der Waals surface area contributed by atoms with Crippen LogP contribution in [-0.2, 0) is 0 Å². The lowest BCUT2D eigenvalue weighted by molar-refractivity contribution is 0.0690. The third kappa shape index (κ3) is 3.53. The first-order valence-corrected chi connectivity index (χ1v) is 7.75. The van der Waals surface area contributed by atoms with Gasteiger partial charge in [-0.15, -0.1) is 0 Å². The lowest BCUT2D eigenvalue weighted by atomic mass is 10.2. The molecule has 1 aliphatic heterocycles. The standard InChI is InChI=1S/C16H17ClN4O2/c1-11-10-14(15(22)23)19-16(18-11)21-8-6-20(7-9-21)13-4-2-12(17)3-5-13/h2-5,10H,6-9H2,1H3,(H,22,23). The van der Waals surface area contributed by atoms with Crippen molar-refractivity contribution in [2.24, 2.45) is 0 Å². The summed E-state index contributed by atoms with van der Waals surface area (Å²) in [4.78, 5) is 23.9. The van der Waals surface area contributed by atoms with Crippen molar-refractivity contribution in [2.75, 3.05) is 36.0 Å². The van der Waals surface area contributed by atoms with Crippen LogP contribution < -0.4 is 9.80 Å². The average Bonchev–Trinajstić information content (AvgIpc) is 2.55. The minimum Gasteiger partial charge on any atom is -0.477 e. The van der Waals surface area contributed by atoms with Gasteiger partial charge < -0.3 is 14.9 Å². The van der Waals surface area contributed by atoms with Gasteiger partial charge in [0.2, 0.25) is 5.95 Å². The van der Waals surface area contributed by atoms with Crippen LogP contribution in [0.2, 0.25) is 5.02 Å². The summed E-state index contributed by atoms with van der Waals surface area (Å²) < 4.78 is 0. The van der Waals surface area contributed by atoms with Gasteiger partial charge in [-0.1, -0.05) is 11.6 Å². The van der Waals surface area contributed by atoms with E-state index in [9.17, 15) is 4.79 Å². The molecular formula is C16H17ClN4O2. The van der Waals surface area contributed by atoms with Crippen molar-refractivity contribution in [3.8, 4) is 0 Å². The number of anilines is 2. The zero-order valence-electron chi connectivity index (χ0n) is 12.7. The molecule has 1 aromatic heterocycles. The van der Waals surface area contributed by atoms with Crippen LogP contribution in [0.15, 0.2) is 30.3 Å². The summed E-state index contributed by atoms with van der Waals surface area (Å²) in [5, 5.41) is 9.84. The van der Waals surface area contributed by atoms with Crippen LogP contribution in [-0.4, -0.2) is 47.2 Å². The maximum absolute atomic E-state index is 11.1. The van der Waals surface area contributed by atoms with E-state index in [1.165, 1.54) is 6.07 Å². The van der Waals surface area contributed by atoms with E-state index < -0.39 is 5.97 Å². The summed E-state index contributed by atoms with van der Waals surface area (Å²) >= 11 is 5.92. The first-order chi connectivity index (χ1) is 11.0. The fourth-order valence-electron chi connectivity index (χ4n) is 2.62. The molecule has 2 aromatic rings. The van der Waals surface area contributed by atoms with Crippen LogP contribution in [0.3, 0.4) is 0 Å². The highest BCUT2D eigenvalue weighted by Gasteiger charge is 2.20. The first kappa shape index (κ1) is 15.6. The molecule has 1 aliphatic rings. The smallest absolute Gasteiger partial charge is 0.354 e. The largest absolute Gasteiger partial charge is 0.477 e. The van der Waals surface area contributed by atoms with E-state index >= 15 is 0 Å². The molecule has 6 nitrogen and oxygen atoms in total. The molecule has 0 amide bonds. The molecule has 3 rings (SSSR count). The van der Waals surface area contributed by atoms with Crippen LogP contribution >= 0.6 is 11.6 Å². The van der Waals surface area contributed by atoms with Crippen molar-refractivity contribution < 1.29 is 9.90 Å². The number of benzene rings is 1. The molecule has 23 heavy (non-hydrogen) atoms. The van der Waals surface area contributed by atoms with Crippen molar-refractivity contribution in [1.29, 1.82) is 0 Å². The summed E-state index contributed by atoms with van der Waals surface area (Å²) in [5.74, 6) is -0.547. The number of hydrogen-bond acceptors (Lipinski definition) is 5. The van der Waals surface area contributed by atoms with Gasteiger partial charge in [0, 0.05) is 42.6 Å². The summed E-state index contributed by atoms with van der Waals surface area (Å²) in [7, 11) is 0. The van der Waals surface area contributed by atoms with E-state index in [1.807, 2.05) is 29.2 Å². The normalized spacial score (nSPS) is 14.9. The van der Waals surface area contributed by atoms with Crippen molar-refractivity contribution >= 4 is 29.2 Å². The molecular weight excluding hydrogens is 316 g/mol. The number of aryl methyl sites for hydroxylation is 1. The van der Waals surface area contributed by atoms with Gasteiger partial charge >= 0.3 is 5.97 Å². The van der Waals surface area contributed by atoms with Gasteiger partial charge in [-0.2, -0.15) is 0 Å². The number of halogens is 1. The number of aromatic carboxylic acids is 1. The number of carboxylic acid groups (broad SMARTS) is 1. The van der Waals surface area contributed by atoms with Crippen LogP contribution in [0, 0.1) is 6.92 Å². The van der Waals surface area contributed by atoms with Crippen molar-refractivity contribution in [3.05, 3.63) is 46.7 Å². The summed E-state index contributed by atoms with van der Waals surface area (Å²) in [6.07, 6.45) is 0. The van der Waals surface area contributed by atoms with E-state index in [2.05, 4.69) is 14.9 Å². The fraction of sp³-hybridized carbons (Fsp3) is 0.312. The third-order valence-corrected chi connectivity index (χ3v) is 4.07. The van der Waals surface area contributed by atoms with Crippen molar-refractivity contribution in [3.63, 3.8) is 0 Å². The first-order valence-electron chi connectivity index (χ1n) is 7.37. The van der Waals surface area contributed by atoms with E-state index in [1.54, 1.807) is 6.92 Å². The zero-order chi connectivity index (χ0) is 16.4. The topological polar surface area (TPSA) is 69.6 Å². The van der Waals surface area contributed by atoms with Crippen molar-refractivity contribution in [2.45, 2.75) is 6.92 Å². The highest BCUT2D eigenvalue weighted by molar-refractivity contribution is 6.30. The molecule has 1 saturated heterocycles. The molecule has 1 aromatic carbocycles. The Kier molecular flexibility index (Phi) is 4.34. The predicted molar refractivity (Wildman–Crippen MR) is 89.6 cm³/mol. The Morgan fingerprint density at radius 2 is 1.70 bits per heavy atom. The van der Waals surface area contributed by atoms with Gasteiger partial charge in [-0.05, 0) is 37.3 Å². The number of carboxylic acids is 1. The second kappa shape index (κ2) is 6.42. The van der Waals surface area contributed by atoms with Gasteiger partial charge in [-0.3, -0.25) is 0 Å². The monoisotopic (exact) mass is 332 g/mol. The van der Waals surface area contributed by atoms with E-state index in [0.717, 1.165) is 36.9 Å². The quantitative estimate of drug-likeness (QED) is 0.931. The number of hydrogen-bond donors (Lipinski definition) is 1. The third-order valence-electron chi connectivity index (χ3n) is 3.82. The molecule has 120 valence electrons. The minimum atomic E-state index is -1.03. The molecule has 0 aliphatic carbocycles. The highest BCUT2D eigenvalue weighted by Crippen LogP contribution is 2.21. The lowest BCUT2D eigenvalue weighted by Crippen LogP contribution is -2.47. The van der Waals surface area contributed by atoms with Gasteiger partial charge in [0.1, 0.15) is 0 Å². The van der Waals surface area contributed by atoms with Gasteiger partial charge in [-0.25, -0.2) is 14.8 Å². The SMILES string of the molecule is Cc1cc(C(=O)O)nc(N2CCN(c3ccc(Cl)cc3)CC2)n1. The molecule has 0 unspecified atom stereocenters. The Morgan fingerprint density at radius 3 is 2.30 bits per heavy atom. The van der Waals surface area contributed by atoms with Crippen LogP contribution in [0.25, 0.3) is 0 Å². The molecule has 2 heterocycles. The Bertz CT molecular complexity index is 713. The highest BCUT2D eigenvalue weighted by atomic mass is 35.5. The molecule has 1 N–H and O–H groups in total. The predicted octanol–water partition coefficient (Wildman–Crippen LogP) is 2.46. The van der Waals surface area contributed by atoms with Gasteiger partial charge in [0.05, 0.1) is 0 Å². The second-order valence-electron chi connectivity index (χ2n) is 5.45. The molecule has 1 fully saturated rings. The molecule has 0 radical (unpaired) electrons. The molecule has 0 bridgehead atoms. The van der Waals surface area contributed by atoms with E-state index in [0.29, 0.717) is 11.6 Å². The Balaban J connectivity index is 1.71. The Hall–Kier alpha value is -2.34. The Labute approximate surface area is 139 Å². The number of nitrogens with zero attached hydrogens (tertiary/aromatic N) is 4. The summed E-state index contributed by atoms with van der Waals surface area (Å²) in [6.45, 7) is 4.90. The average molecular weight is 333 g/mol. The summed E-state index contributed by atoms with van der Waals surface area (Å²) in [6, 6.07) is 9.25. The van der Waals surface area contributed by atoms with Crippen LogP contribution in [0.5, 0.6) is 0 Å². The van der Waals surface area contributed by atoms with Crippen molar-refractivity contribution in [1.82, 2.24) is 9.97 Å². The molecule has 0 saturated carbocycles. The Morgan fingerprint density at radius 1 is 1.09 bits per heavy atom. The lowest BCUT2D eigenvalue weighted by Gasteiger charge is -2.36. The maximum Gasteiger partial charge on any atom is 0.354 e. The number of piperazine rings is 1. The molecule has 7 heteroatoms. The number of aromatic nitrogens is 2. The zero-order valence-corrected chi connectivity index (χ0v) is 13.5. The van der Waals surface area contributed by atoms with Gasteiger partial charge in [0.25, 0.3) is 0 Å². The molecule has 0 spiro atoms. The number of carbonyl (C=O) groups is 1. The maximum atomic E-state index is 11.1. The van der Waals surface area contributed by atoms with Crippen LogP contribution in [0.4, 0.5) is 11.6 Å². The fourth-order valence-corrected chi connectivity index (χ4v) is 2.75. The summed E-state index contributed by atoms with van der Waals surface area (Å²) in [5.41, 5.74) is 1.82. The number of rotatable bonds is 3. The van der Waals surface area contributed by atoms with E-state index in [-0.39, 0.29) is 5.69 Å². The minimum absolute atomic E-state index is 0.0348.